The molecule has 0 saturated heterocycles. The number of carbonyl (C=O) groups excluding carboxylic acids is 1. The predicted octanol–water partition coefficient (Wildman–Crippen LogP) is 2.25. The second kappa shape index (κ2) is 8.47. The van der Waals surface area contributed by atoms with Gasteiger partial charge in [-0.05, 0) is 30.9 Å². The summed E-state index contributed by atoms with van der Waals surface area (Å²) in [5.41, 5.74) is 0.548. The molecular formula is C14H20N2O3S. The molecule has 3 N–H and O–H groups in total. The molecule has 1 rings (SSSR count). The van der Waals surface area contributed by atoms with Crippen LogP contribution >= 0.6 is 11.8 Å². The summed E-state index contributed by atoms with van der Waals surface area (Å²) in [5, 5.41) is 14.4. The quantitative estimate of drug-likeness (QED) is 0.721. The number of amides is 2. The summed E-state index contributed by atoms with van der Waals surface area (Å²) in [4.78, 5) is 23.1. The minimum absolute atomic E-state index is 0.00710. The highest BCUT2D eigenvalue weighted by molar-refractivity contribution is 7.98. The van der Waals surface area contributed by atoms with E-state index in [1.54, 1.807) is 42.1 Å². The maximum atomic E-state index is 11.8. The van der Waals surface area contributed by atoms with Gasteiger partial charge in [0.1, 0.15) is 0 Å². The highest BCUT2D eigenvalue weighted by atomic mass is 32.2. The topological polar surface area (TPSA) is 78.4 Å². The van der Waals surface area contributed by atoms with E-state index in [0.717, 1.165) is 12.2 Å². The van der Waals surface area contributed by atoms with Gasteiger partial charge in [0.2, 0.25) is 0 Å². The minimum atomic E-state index is -1.08. The smallest absolute Gasteiger partial charge is 0.330 e. The zero-order valence-electron chi connectivity index (χ0n) is 11.6. The van der Waals surface area contributed by atoms with Crippen LogP contribution in [0.2, 0.25) is 0 Å². The zero-order valence-corrected chi connectivity index (χ0v) is 12.4. The van der Waals surface area contributed by atoms with Crippen molar-refractivity contribution in [2.75, 3.05) is 12.0 Å². The van der Waals surface area contributed by atoms with Gasteiger partial charge in [0.05, 0.1) is 0 Å². The van der Waals surface area contributed by atoms with Crippen LogP contribution in [-0.4, -0.2) is 35.2 Å². The highest BCUT2D eigenvalue weighted by Crippen LogP contribution is 2.12. The van der Waals surface area contributed by atoms with Crippen LogP contribution in [0.5, 0.6) is 0 Å². The molecule has 1 unspecified atom stereocenters. The van der Waals surface area contributed by atoms with Gasteiger partial charge in [-0.1, -0.05) is 30.3 Å². The Morgan fingerprint density at radius 3 is 2.45 bits per heavy atom. The number of aliphatic carboxylic acids is 1. The van der Waals surface area contributed by atoms with Crippen molar-refractivity contribution < 1.29 is 14.7 Å². The first kappa shape index (κ1) is 16.4. The Morgan fingerprint density at radius 1 is 1.25 bits per heavy atom. The molecular weight excluding hydrogens is 276 g/mol. The summed E-state index contributed by atoms with van der Waals surface area (Å²) in [6.45, 7) is 1.90. The van der Waals surface area contributed by atoms with Crippen LogP contribution in [0.1, 0.15) is 24.9 Å². The third kappa shape index (κ3) is 5.52. The number of thioether (sulfide) groups is 1. The van der Waals surface area contributed by atoms with Crippen molar-refractivity contribution in [1.29, 1.82) is 0 Å². The molecule has 0 aliphatic rings. The summed E-state index contributed by atoms with van der Waals surface area (Å²) in [6.07, 6.45) is 2.85. The standard InChI is InChI=1S/C14H20N2O3S/c1-10(8-9-20-2)15-14(19)16-12(13(17)18)11-6-4-3-5-7-11/h3-7,10,12H,8-9H2,1-2H3,(H,17,18)(H2,15,16,19)/t10?,12-/m0/s1. The van der Waals surface area contributed by atoms with E-state index in [1.165, 1.54) is 0 Å². The van der Waals surface area contributed by atoms with Crippen LogP contribution in [0.3, 0.4) is 0 Å². The summed E-state index contributed by atoms with van der Waals surface area (Å²) >= 11 is 1.71. The van der Waals surface area contributed by atoms with Gasteiger partial charge in [0.25, 0.3) is 0 Å². The molecule has 0 aromatic heterocycles. The molecule has 1 aromatic carbocycles. The number of hydrogen-bond acceptors (Lipinski definition) is 3. The molecule has 5 nitrogen and oxygen atoms in total. The second-order valence-corrected chi connectivity index (χ2v) is 5.47. The van der Waals surface area contributed by atoms with E-state index < -0.39 is 18.0 Å². The van der Waals surface area contributed by atoms with Crippen LogP contribution in [-0.2, 0) is 4.79 Å². The molecule has 2 amide bonds. The fourth-order valence-corrected chi connectivity index (χ4v) is 2.29. The van der Waals surface area contributed by atoms with E-state index >= 15 is 0 Å². The summed E-state index contributed by atoms with van der Waals surface area (Å²) < 4.78 is 0. The van der Waals surface area contributed by atoms with E-state index in [9.17, 15) is 14.7 Å². The molecule has 0 saturated carbocycles. The van der Waals surface area contributed by atoms with Crippen LogP contribution in [0.4, 0.5) is 4.79 Å². The molecule has 0 radical (unpaired) electrons. The third-order valence-corrected chi connectivity index (χ3v) is 3.43. The average molecular weight is 296 g/mol. The van der Waals surface area contributed by atoms with Gasteiger partial charge < -0.3 is 15.7 Å². The molecule has 0 fully saturated rings. The summed E-state index contributed by atoms with van der Waals surface area (Å²) in [7, 11) is 0. The zero-order chi connectivity index (χ0) is 15.0. The molecule has 1 aromatic rings. The molecule has 0 aliphatic carbocycles. The van der Waals surface area contributed by atoms with Crippen LogP contribution < -0.4 is 10.6 Å². The number of carboxylic acids is 1. The Bertz CT molecular complexity index is 439. The highest BCUT2D eigenvalue weighted by Gasteiger charge is 2.22. The van der Waals surface area contributed by atoms with Crippen molar-refractivity contribution in [3.63, 3.8) is 0 Å². The molecule has 2 atom stereocenters. The van der Waals surface area contributed by atoms with Gasteiger partial charge in [-0.2, -0.15) is 11.8 Å². The van der Waals surface area contributed by atoms with Crippen LogP contribution in [0, 0.1) is 0 Å². The number of hydrogen-bond donors (Lipinski definition) is 3. The molecule has 0 heterocycles. The predicted molar refractivity (Wildman–Crippen MR) is 80.9 cm³/mol. The van der Waals surface area contributed by atoms with E-state index in [2.05, 4.69) is 10.6 Å². The van der Waals surface area contributed by atoms with Crippen molar-refractivity contribution in [2.24, 2.45) is 0 Å². The van der Waals surface area contributed by atoms with Gasteiger partial charge in [0, 0.05) is 6.04 Å². The number of carboxylic acid groups (broad SMARTS) is 1. The van der Waals surface area contributed by atoms with E-state index in [1.807, 2.05) is 13.2 Å². The van der Waals surface area contributed by atoms with Gasteiger partial charge in [0.15, 0.2) is 6.04 Å². The van der Waals surface area contributed by atoms with Crippen molar-refractivity contribution in [1.82, 2.24) is 10.6 Å². The van der Waals surface area contributed by atoms with E-state index in [4.69, 9.17) is 0 Å². The Morgan fingerprint density at radius 2 is 1.90 bits per heavy atom. The van der Waals surface area contributed by atoms with Crippen molar-refractivity contribution in [3.8, 4) is 0 Å². The number of benzene rings is 1. The first-order valence-corrected chi connectivity index (χ1v) is 7.77. The summed E-state index contributed by atoms with van der Waals surface area (Å²) in [5.74, 6) is -0.134. The maximum absolute atomic E-state index is 11.8. The van der Waals surface area contributed by atoms with Crippen molar-refractivity contribution in [3.05, 3.63) is 35.9 Å². The minimum Gasteiger partial charge on any atom is -0.479 e. The first-order valence-electron chi connectivity index (χ1n) is 6.38. The largest absolute Gasteiger partial charge is 0.479 e. The Labute approximate surface area is 123 Å². The Balaban J connectivity index is 2.59. The normalized spacial score (nSPS) is 13.3. The van der Waals surface area contributed by atoms with Crippen LogP contribution in [0.25, 0.3) is 0 Å². The van der Waals surface area contributed by atoms with Gasteiger partial charge in [-0.25, -0.2) is 9.59 Å². The molecule has 0 aliphatic heterocycles. The lowest BCUT2D eigenvalue weighted by molar-refractivity contribution is -0.139. The molecule has 20 heavy (non-hydrogen) atoms. The third-order valence-electron chi connectivity index (χ3n) is 2.79. The van der Waals surface area contributed by atoms with Gasteiger partial charge in [-0.15, -0.1) is 0 Å². The van der Waals surface area contributed by atoms with Gasteiger partial charge in [-0.3, -0.25) is 0 Å². The van der Waals surface area contributed by atoms with E-state index in [-0.39, 0.29) is 6.04 Å². The van der Waals surface area contributed by atoms with E-state index in [0.29, 0.717) is 5.56 Å². The second-order valence-electron chi connectivity index (χ2n) is 4.48. The molecule has 110 valence electrons. The fraction of sp³-hybridized carbons (Fsp3) is 0.429. The fourth-order valence-electron chi connectivity index (χ4n) is 1.70. The monoisotopic (exact) mass is 296 g/mol. The van der Waals surface area contributed by atoms with Gasteiger partial charge >= 0.3 is 12.0 Å². The Hall–Kier alpha value is -1.69. The first-order chi connectivity index (χ1) is 9.54. The van der Waals surface area contributed by atoms with Crippen molar-refractivity contribution in [2.45, 2.75) is 25.4 Å². The maximum Gasteiger partial charge on any atom is 0.330 e. The summed E-state index contributed by atoms with van der Waals surface area (Å²) in [6, 6.07) is 7.14. The van der Waals surface area contributed by atoms with Crippen LogP contribution in [0.15, 0.2) is 30.3 Å². The average Bonchev–Trinajstić information content (AvgIpc) is 2.43. The number of carbonyl (C=O) groups is 2. The number of nitrogens with one attached hydrogen (secondary N) is 2. The Kier molecular flexibility index (Phi) is 6.93. The van der Waals surface area contributed by atoms with Crippen molar-refractivity contribution >= 4 is 23.8 Å². The molecule has 0 spiro atoms. The molecule has 6 heteroatoms. The number of urea groups is 1. The lowest BCUT2D eigenvalue weighted by Gasteiger charge is -2.18. The SMILES string of the molecule is CSCCC(C)NC(=O)N[C@H](C(=O)O)c1ccccc1. The molecule has 0 bridgehead atoms. The number of rotatable bonds is 7. The lowest BCUT2D eigenvalue weighted by atomic mass is 10.1. The lowest BCUT2D eigenvalue weighted by Crippen LogP contribution is -2.44.